The van der Waals surface area contributed by atoms with Gasteiger partial charge in [-0.15, -0.1) is 0 Å². The molecule has 2 rings (SSSR count). The van der Waals surface area contributed by atoms with Gasteiger partial charge in [0.1, 0.15) is 5.69 Å². The van der Waals surface area contributed by atoms with Crippen LogP contribution < -0.4 is 0 Å². The Morgan fingerprint density at radius 2 is 2.16 bits per heavy atom. The third-order valence-electron chi connectivity index (χ3n) is 3.33. The zero-order chi connectivity index (χ0) is 13.8. The van der Waals surface area contributed by atoms with Crippen LogP contribution in [0.4, 0.5) is 0 Å². The molecule has 104 valence electrons. The lowest BCUT2D eigenvalue weighted by Crippen LogP contribution is -2.40. The van der Waals surface area contributed by atoms with Gasteiger partial charge in [0.2, 0.25) is 0 Å². The molecule has 5 nitrogen and oxygen atoms in total. The number of amides is 1. The van der Waals surface area contributed by atoms with Crippen LogP contribution in [0.5, 0.6) is 0 Å². The fraction of sp³-hybridized carbons (Fsp3) is 0.538. The quantitative estimate of drug-likeness (QED) is 0.865. The summed E-state index contributed by atoms with van der Waals surface area (Å²) in [6, 6.07) is 1.62. The zero-order valence-electron chi connectivity index (χ0n) is 10.8. The van der Waals surface area contributed by atoms with E-state index in [4.69, 9.17) is 4.74 Å². The number of nitrogens with one attached hydrogen (secondary N) is 1. The summed E-state index contributed by atoms with van der Waals surface area (Å²) in [6.07, 6.45) is 3.68. The standard InChI is InChI=1S/C13H17BrN2O3/c1-9-2-4-16(5-3-9)12(17)8-19-13(18)11-6-10(14)7-15-11/h6-7,9,15H,2-5,8H2,1H3. The molecule has 0 atom stereocenters. The molecule has 19 heavy (non-hydrogen) atoms. The van der Waals surface area contributed by atoms with Crippen molar-refractivity contribution in [2.75, 3.05) is 19.7 Å². The Balaban J connectivity index is 1.79. The molecule has 1 N–H and O–H groups in total. The van der Waals surface area contributed by atoms with Crippen LogP contribution in [-0.4, -0.2) is 41.5 Å². The summed E-state index contributed by atoms with van der Waals surface area (Å²) >= 11 is 3.23. The molecule has 1 saturated heterocycles. The van der Waals surface area contributed by atoms with Crippen molar-refractivity contribution in [3.8, 4) is 0 Å². The van der Waals surface area contributed by atoms with E-state index in [1.54, 1.807) is 17.2 Å². The topological polar surface area (TPSA) is 62.4 Å². The second-order valence-corrected chi connectivity index (χ2v) is 5.79. The Hall–Kier alpha value is -1.30. The van der Waals surface area contributed by atoms with Gasteiger partial charge in [-0.3, -0.25) is 4.79 Å². The first-order valence-electron chi connectivity index (χ1n) is 6.35. The van der Waals surface area contributed by atoms with Crippen LogP contribution in [0.1, 0.15) is 30.3 Å². The van der Waals surface area contributed by atoms with Gasteiger partial charge in [-0.2, -0.15) is 0 Å². The van der Waals surface area contributed by atoms with Gasteiger partial charge in [-0.05, 0) is 40.8 Å². The second-order valence-electron chi connectivity index (χ2n) is 4.87. The molecule has 1 aromatic heterocycles. The van der Waals surface area contributed by atoms with Gasteiger partial charge < -0.3 is 14.6 Å². The Kier molecular flexibility index (Phi) is 4.63. The molecular formula is C13H17BrN2O3. The van der Waals surface area contributed by atoms with E-state index in [9.17, 15) is 9.59 Å². The maximum atomic E-state index is 11.9. The fourth-order valence-corrected chi connectivity index (χ4v) is 2.38. The van der Waals surface area contributed by atoms with Gasteiger partial charge in [0.15, 0.2) is 6.61 Å². The lowest BCUT2D eigenvalue weighted by molar-refractivity contribution is -0.135. The number of ether oxygens (including phenoxy) is 1. The number of aromatic amines is 1. The highest BCUT2D eigenvalue weighted by atomic mass is 79.9. The number of esters is 1. The van der Waals surface area contributed by atoms with Crippen LogP contribution in [-0.2, 0) is 9.53 Å². The largest absolute Gasteiger partial charge is 0.451 e. The molecule has 1 aromatic rings. The summed E-state index contributed by atoms with van der Waals surface area (Å²) in [5.74, 6) is 0.0400. The summed E-state index contributed by atoms with van der Waals surface area (Å²) < 4.78 is 5.77. The van der Waals surface area contributed by atoms with E-state index in [-0.39, 0.29) is 12.5 Å². The lowest BCUT2D eigenvalue weighted by Gasteiger charge is -2.30. The molecule has 1 aliphatic rings. The molecule has 1 fully saturated rings. The van der Waals surface area contributed by atoms with Gasteiger partial charge in [0.05, 0.1) is 0 Å². The number of hydrogen-bond acceptors (Lipinski definition) is 3. The number of nitrogens with zero attached hydrogens (tertiary/aromatic N) is 1. The predicted molar refractivity (Wildman–Crippen MR) is 73.8 cm³/mol. The van der Waals surface area contributed by atoms with E-state index in [1.807, 2.05) is 0 Å². The molecule has 6 heteroatoms. The lowest BCUT2D eigenvalue weighted by atomic mass is 9.99. The van der Waals surface area contributed by atoms with E-state index in [2.05, 4.69) is 27.8 Å². The summed E-state index contributed by atoms with van der Waals surface area (Å²) in [5, 5.41) is 0. The number of aromatic nitrogens is 1. The molecule has 0 unspecified atom stereocenters. The van der Waals surface area contributed by atoms with E-state index < -0.39 is 5.97 Å². The number of piperidine rings is 1. The fourth-order valence-electron chi connectivity index (χ4n) is 2.04. The first kappa shape index (κ1) is 14.1. The van der Waals surface area contributed by atoms with Crippen LogP contribution in [0, 0.1) is 5.92 Å². The zero-order valence-corrected chi connectivity index (χ0v) is 12.4. The molecule has 1 amide bonds. The SMILES string of the molecule is CC1CCN(C(=O)COC(=O)c2cc(Br)c[nH]2)CC1. The number of hydrogen-bond donors (Lipinski definition) is 1. The molecule has 0 spiro atoms. The highest BCUT2D eigenvalue weighted by Crippen LogP contribution is 2.16. The number of carbonyl (C=O) groups excluding carboxylic acids is 2. The maximum Gasteiger partial charge on any atom is 0.355 e. The van der Waals surface area contributed by atoms with Crippen LogP contribution >= 0.6 is 15.9 Å². The summed E-state index contributed by atoms with van der Waals surface area (Å²) in [4.78, 5) is 28.1. The highest BCUT2D eigenvalue weighted by Gasteiger charge is 2.21. The minimum atomic E-state index is -0.510. The Morgan fingerprint density at radius 3 is 2.74 bits per heavy atom. The summed E-state index contributed by atoms with van der Waals surface area (Å²) in [6.45, 7) is 3.51. The number of halogens is 1. The summed E-state index contributed by atoms with van der Waals surface area (Å²) in [5.41, 5.74) is 0.340. The minimum absolute atomic E-state index is 0.120. The molecule has 0 radical (unpaired) electrons. The maximum absolute atomic E-state index is 11.9. The average molecular weight is 329 g/mol. The number of rotatable bonds is 3. The molecule has 0 bridgehead atoms. The number of carbonyl (C=O) groups is 2. The van der Waals surface area contributed by atoms with Gasteiger partial charge in [-0.1, -0.05) is 6.92 Å². The molecule has 0 saturated carbocycles. The Morgan fingerprint density at radius 1 is 1.47 bits per heavy atom. The molecule has 2 heterocycles. The minimum Gasteiger partial charge on any atom is -0.451 e. The average Bonchev–Trinajstić information content (AvgIpc) is 2.83. The molecule has 0 aromatic carbocycles. The van der Waals surface area contributed by atoms with Crippen molar-refractivity contribution in [1.82, 2.24) is 9.88 Å². The first-order chi connectivity index (χ1) is 9.06. The third kappa shape index (κ3) is 3.83. The van der Waals surface area contributed by atoms with Crippen molar-refractivity contribution in [2.45, 2.75) is 19.8 Å². The molecule has 0 aliphatic carbocycles. The normalized spacial score (nSPS) is 16.4. The Bertz CT molecular complexity index is 464. The van der Waals surface area contributed by atoms with Crippen molar-refractivity contribution in [3.05, 3.63) is 22.4 Å². The monoisotopic (exact) mass is 328 g/mol. The highest BCUT2D eigenvalue weighted by molar-refractivity contribution is 9.10. The number of H-pyrrole nitrogens is 1. The van der Waals surface area contributed by atoms with Crippen molar-refractivity contribution in [2.24, 2.45) is 5.92 Å². The predicted octanol–water partition coefficient (Wildman–Crippen LogP) is 2.19. The van der Waals surface area contributed by atoms with Gasteiger partial charge in [0.25, 0.3) is 5.91 Å². The van der Waals surface area contributed by atoms with Crippen LogP contribution in [0.3, 0.4) is 0 Å². The van der Waals surface area contributed by atoms with Gasteiger partial charge in [-0.25, -0.2) is 4.79 Å². The van der Waals surface area contributed by atoms with Crippen LogP contribution in [0.15, 0.2) is 16.7 Å². The summed E-state index contributed by atoms with van der Waals surface area (Å²) in [7, 11) is 0. The van der Waals surface area contributed by atoms with Crippen molar-refractivity contribution in [3.63, 3.8) is 0 Å². The first-order valence-corrected chi connectivity index (χ1v) is 7.14. The van der Waals surface area contributed by atoms with Crippen molar-refractivity contribution >= 4 is 27.8 Å². The van der Waals surface area contributed by atoms with Gasteiger partial charge in [0, 0.05) is 23.8 Å². The molecular weight excluding hydrogens is 312 g/mol. The van der Waals surface area contributed by atoms with Crippen LogP contribution in [0.25, 0.3) is 0 Å². The van der Waals surface area contributed by atoms with Crippen molar-refractivity contribution in [1.29, 1.82) is 0 Å². The van der Waals surface area contributed by atoms with E-state index in [0.717, 1.165) is 30.4 Å². The second kappa shape index (κ2) is 6.23. The van der Waals surface area contributed by atoms with E-state index in [0.29, 0.717) is 11.6 Å². The van der Waals surface area contributed by atoms with Gasteiger partial charge >= 0.3 is 5.97 Å². The van der Waals surface area contributed by atoms with Crippen molar-refractivity contribution < 1.29 is 14.3 Å². The number of likely N-dealkylation sites (tertiary alicyclic amines) is 1. The molecule has 1 aliphatic heterocycles. The van der Waals surface area contributed by atoms with E-state index in [1.165, 1.54) is 0 Å². The Labute approximate surface area is 120 Å². The van der Waals surface area contributed by atoms with E-state index >= 15 is 0 Å². The smallest absolute Gasteiger partial charge is 0.355 e. The third-order valence-corrected chi connectivity index (χ3v) is 3.79. The van der Waals surface area contributed by atoms with Crippen LogP contribution in [0.2, 0.25) is 0 Å².